The van der Waals surface area contributed by atoms with E-state index < -0.39 is 6.04 Å². The molecule has 0 unspecified atom stereocenters. The molecule has 0 saturated carbocycles. The first kappa shape index (κ1) is 23.2. The lowest BCUT2D eigenvalue weighted by Crippen LogP contribution is -2.48. The van der Waals surface area contributed by atoms with Crippen LogP contribution >= 0.6 is 23.2 Å². The van der Waals surface area contributed by atoms with Gasteiger partial charge in [-0.15, -0.1) is 0 Å². The van der Waals surface area contributed by atoms with E-state index >= 15 is 0 Å². The molecule has 0 aliphatic heterocycles. The van der Waals surface area contributed by atoms with Crippen LogP contribution in [0.1, 0.15) is 38.3 Å². The van der Waals surface area contributed by atoms with E-state index in [0.29, 0.717) is 35.5 Å². The Morgan fingerprint density at radius 3 is 2.28 bits per heavy atom. The molecule has 0 radical (unpaired) electrons. The zero-order valence-corrected chi connectivity index (χ0v) is 18.6. The van der Waals surface area contributed by atoms with Crippen LogP contribution in [0.15, 0.2) is 48.5 Å². The number of nitrogens with one attached hydrogen (secondary N) is 1. The smallest absolute Gasteiger partial charge is 0.242 e. The number of hydrogen-bond acceptors (Lipinski definition) is 2. The lowest BCUT2D eigenvalue weighted by atomic mass is 10.1. The summed E-state index contributed by atoms with van der Waals surface area (Å²) in [6.45, 7) is 6.75. The van der Waals surface area contributed by atoms with Gasteiger partial charge in [0.25, 0.3) is 0 Å². The van der Waals surface area contributed by atoms with Crippen LogP contribution in [0.4, 0.5) is 0 Å². The number of hydrogen-bond donors (Lipinski definition) is 1. The summed E-state index contributed by atoms with van der Waals surface area (Å²) in [6.07, 6.45) is 0.801. The van der Waals surface area contributed by atoms with Gasteiger partial charge in [-0.25, -0.2) is 0 Å². The number of halogens is 2. The quantitative estimate of drug-likeness (QED) is 0.595. The second kappa shape index (κ2) is 11.2. The van der Waals surface area contributed by atoms with Crippen LogP contribution < -0.4 is 5.32 Å². The van der Waals surface area contributed by atoms with Gasteiger partial charge in [-0.05, 0) is 48.6 Å². The number of amides is 2. The number of aryl methyl sites for hydroxylation is 1. The van der Waals surface area contributed by atoms with Crippen molar-refractivity contribution in [2.75, 3.05) is 6.54 Å². The van der Waals surface area contributed by atoms with E-state index in [2.05, 4.69) is 5.32 Å². The molecule has 2 amide bonds. The zero-order chi connectivity index (χ0) is 21.4. The molecule has 0 aromatic heterocycles. The number of carbonyl (C=O) groups excluding carboxylic acids is 2. The minimum absolute atomic E-state index is 0.0907. The predicted octanol–water partition coefficient (Wildman–Crippen LogP) is 5.12. The van der Waals surface area contributed by atoms with Gasteiger partial charge in [0.1, 0.15) is 6.04 Å². The topological polar surface area (TPSA) is 49.4 Å². The first-order valence-electron chi connectivity index (χ1n) is 9.83. The summed E-state index contributed by atoms with van der Waals surface area (Å²) in [7, 11) is 0. The third-order valence-corrected chi connectivity index (χ3v) is 5.30. The SMILES string of the molecule is CC(C)CNC(=O)[C@@H](C)N(Cc1ccc(Cl)cc1)C(=O)CCc1ccccc1Cl. The average Bonchev–Trinajstić information content (AvgIpc) is 2.70. The Balaban J connectivity index is 2.13. The molecule has 0 aliphatic carbocycles. The monoisotopic (exact) mass is 434 g/mol. The number of nitrogens with zero attached hydrogens (tertiary/aromatic N) is 1. The molecule has 2 aromatic carbocycles. The molecule has 6 heteroatoms. The highest BCUT2D eigenvalue weighted by Crippen LogP contribution is 2.19. The van der Waals surface area contributed by atoms with E-state index in [-0.39, 0.29) is 18.2 Å². The molecule has 0 spiro atoms. The highest BCUT2D eigenvalue weighted by Gasteiger charge is 2.26. The van der Waals surface area contributed by atoms with Crippen LogP contribution in [0.25, 0.3) is 0 Å². The Kier molecular flexibility index (Phi) is 8.99. The molecule has 2 rings (SSSR count). The van der Waals surface area contributed by atoms with E-state index in [0.717, 1.165) is 11.1 Å². The van der Waals surface area contributed by atoms with E-state index in [1.54, 1.807) is 24.0 Å². The van der Waals surface area contributed by atoms with Crippen LogP contribution in [0.2, 0.25) is 10.0 Å². The summed E-state index contributed by atoms with van der Waals surface area (Å²) in [5.74, 6) is 0.0950. The van der Waals surface area contributed by atoms with Crippen molar-refractivity contribution in [3.8, 4) is 0 Å². The van der Waals surface area contributed by atoms with Gasteiger partial charge >= 0.3 is 0 Å². The van der Waals surface area contributed by atoms with E-state index in [1.807, 2.05) is 50.2 Å². The van der Waals surface area contributed by atoms with Crippen molar-refractivity contribution in [2.24, 2.45) is 5.92 Å². The van der Waals surface area contributed by atoms with Crippen LogP contribution in [-0.4, -0.2) is 29.3 Å². The van der Waals surface area contributed by atoms with Crippen molar-refractivity contribution in [1.82, 2.24) is 10.2 Å². The van der Waals surface area contributed by atoms with Crippen LogP contribution in [0.3, 0.4) is 0 Å². The molecule has 156 valence electrons. The lowest BCUT2D eigenvalue weighted by Gasteiger charge is -2.29. The van der Waals surface area contributed by atoms with Crippen LogP contribution in [0.5, 0.6) is 0 Å². The van der Waals surface area contributed by atoms with Gasteiger partial charge in [-0.3, -0.25) is 9.59 Å². The number of benzene rings is 2. The Morgan fingerprint density at radius 1 is 1.00 bits per heavy atom. The molecule has 1 N–H and O–H groups in total. The standard InChI is InChI=1S/C23H28Cl2N2O2/c1-16(2)14-26-23(29)17(3)27(15-18-8-11-20(24)12-9-18)22(28)13-10-19-6-4-5-7-21(19)25/h4-9,11-12,16-17H,10,13-15H2,1-3H3,(H,26,29)/t17-/m1/s1. The maximum atomic E-state index is 13.1. The summed E-state index contributed by atoms with van der Waals surface area (Å²) < 4.78 is 0. The molecule has 29 heavy (non-hydrogen) atoms. The highest BCUT2D eigenvalue weighted by atomic mass is 35.5. The molecule has 0 aliphatic rings. The largest absolute Gasteiger partial charge is 0.354 e. The van der Waals surface area contributed by atoms with Crippen molar-refractivity contribution in [2.45, 2.75) is 46.2 Å². The maximum absolute atomic E-state index is 13.1. The lowest BCUT2D eigenvalue weighted by molar-refractivity contribution is -0.140. The molecule has 2 aromatic rings. The summed E-state index contributed by atoms with van der Waals surface area (Å²) >= 11 is 12.2. The second-order valence-corrected chi connectivity index (χ2v) is 8.40. The van der Waals surface area contributed by atoms with Gasteiger partial charge in [0.05, 0.1) is 0 Å². The summed E-state index contributed by atoms with van der Waals surface area (Å²) in [6, 6.07) is 14.2. The predicted molar refractivity (Wildman–Crippen MR) is 119 cm³/mol. The zero-order valence-electron chi connectivity index (χ0n) is 17.1. The van der Waals surface area contributed by atoms with Crippen LogP contribution in [0, 0.1) is 5.92 Å². The van der Waals surface area contributed by atoms with Gasteiger partial charge in [-0.1, -0.05) is 67.4 Å². The van der Waals surface area contributed by atoms with Gasteiger partial charge in [0.2, 0.25) is 11.8 Å². The normalized spacial score (nSPS) is 11.9. The van der Waals surface area contributed by atoms with Gasteiger partial charge < -0.3 is 10.2 Å². The van der Waals surface area contributed by atoms with E-state index in [9.17, 15) is 9.59 Å². The molecule has 0 heterocycles. The highest BCUT2D eigenvalue weighted by molar-refractivity contribution is 6.31. The summed E-state index contributed by atoms with van der Waals surface area (Å²) in [5.41, 5.74) is 1.84. The van der Waals surface area contributed by atoms with E-state index in [1.165, 1.54) is 0 Å². The Bertz CT molecular complexity index is 822. The number of rotatable bonds is 9. The number of carbonyl (C=O) groups is 2. The molecule has 1 atom stereocenters. The van der Waals surface area contributed by atoms with Crippen LogP contribution in [-0.2, 0) is 22.6 Å². The molecule has 4 nitrogen and oxygen atoms in total. The third-order valence-electron chi connectivity index (χ3n) is 4.68. The van der Waals surface area contributed by atoms with Gasteiger partial charge in [-0.2, -0.15) is 0 Å². The van der Waals surface area contributed by atoms with Crippen molar-refractivity contribution in [3.05, 3.63) is 69.7 Å². The fraction of sp³-hybridized carbons (Fsp3) is 0.391. The maximum Gasteiger partial charge on any atom is 0.242 e. The van der Waals surface area contributed by atoms with Crippen molar-refractivity contribution in [1.29, 1.82) is 0 Å². The van der Waals surface area contributed by atoms with Crippen molar-refractivity contribution >= 4 is 35.0 Å². The summed E-state index contributed by atoms with van der Waals surface area (Å²) in [5, 5.41) is 4.20. The fourth-order valence-electron chi connectivity index (χ4n) is 2.91. The molecule has 0 bridgehead atoms. The molecular formula is C23H28Cl2N2O2. The third kappa shape index (κ3) is 7.37. The molecular weight excluding hydrogens is 407 g/mol. The summed E-state index contributed by atoms with van der Waals surface area (Å²) in [4.78, 5) is 27.3. The Labute approximate surface area is 183 Å². The van der Waals surface area contributed by atoms with Gasteiger partial charge in [0.15, 0.2) is 0 Å². The second-order valence-electron chi connectivity index (χ2n) is 7.55. The molecule has 0 saturated heterocycles. The first-order valence-corrected chi connectivity index (χ1v) is 10.6. The van der Waals surface area contributed by atoms with Crippen molar-refractivity contribution in [3.63, 3.8) is 0 Å². The van der Waals surface area contributed by atoms with E-state index in [4.69, 9.17) is 23.2 Å². The van der Waals surface area contributed by atoms with Crippen molar-refractivity contribution < 1.29 is 9.59 Å². The minimum Gasteiger partial charge on any atom is -0.354 e. The Hall–Kier alpha value is -2.04. The average molecular weight is 435 g/mol. The molecule has 0 fully saturated rings. The first-order chi connectivity index (χ1) is 13.8. The minimum atomic E-state index is -0.580. The Morgan fingerprint density at radius 2 is 1.66 bits per heavy atom. The fourth-order valence-corrected chi connectivity index (χ4v) is 3.26. The van der Waals surface area contributed by atoms with Gasteiger partial charge in [0, 0.05) is 29.6 Å².